The first-order valence-corrected chi connectivity index (χ1v) is 4.92. The van der Waals surface area contributed by atoms with Gasteiger partial charge in [0.15, 0.2) is 5.78 Å². The third-order valence-electron chi connectivity index (χ3n) is 1.64. The van der Waals surface area contributed by atoms with Gasteiger partial charge in [0.25, 0.3) is 0 Å². The summed E-state index contributed by atoms with van der Waals surface area (Å²) in [5.74, 6) is -0.0481. The minimum Gasteiger partial charge on any atom is -0.292 e. The van der Waals surface area contributed by atoms with Crippen molar-refractivity contribution in [3.8, 4) is 0 Å². The lowest BCUT2D eigenvalue weighted by Crippen LogP contribution is -2.05. The molecule has 0 amide bonds. The Labute approximate surface area is 84.7 Å². The second-order valence-corrected chi connectivity index (χ2v) is 3.60. The Morgan fingerprint density at radius 1 is 1.29 bits per heavy atom. The van der Waals surface area contributed by atoms with Crippen LogP contribution in [0.25, 0.3) is 0 Å². The number of hydrogen-bond donors (Lipinski definition) is 0. The summed E-state index contributed by atoms with van der Waals surface area (Å²) in [6.45, 7) is 0. The molecule has 0 aliphatic rings. The van der Waals surface area contributed by atoms with Crippen molar-refractivity contribution >= 4 is 17.1 Å². The average molecular weight is 205 g/mol. The largest absolute Gasteiger partial charge is 0.292 e. The number of hydrogen-bond acceptors (Lipinski definition) is 5. The monoisotopic (exact) mass is 205 g/mol. The minimum absolute atomic E-state index is 0.0481. The van der Waals surface area contributed by atoms with Gasteiger partial charge in [-0.25, -0.2) is 9.97 Å². The van der Waals surface area contributed by atoms with Gasteiger partial charge in [-0.3, -0.25) is 9.78 Å². The zero-order chi connectivity index (χ0) is 9.80. The number of carbonyl (C=O) groups is 1. The first kappa shape index (κ1) is 8.96. The van der Waals surface area contributed by atoms with Crippen LogP contribution in [0, 0.1) is 0 Å². The quantitative estimate of drug-likeness (QED) is 0.710. The molecule has 0 radical (unpaired) electrons. The number of thiazole rings is 1. The third-order valence-corrected chi connectivity index (χ3v) is 2.42. The summed E-state index contributed by atoms with van der Waals surface area (Å²) in [6.07, 6.45) is 6.51. The summed E-state index contributed by atoms with van der Waals surface area (Å²) in [6, 6.07) is 0. The van der Waals surface area contributed by atoms with E-state index >= 15 is 0 Å². The molecule has 0 aliphatic heterocycles. The maximum absolute atomic E-state index is 11.6. The topological polar surface area (TPSA) is 55.7 Å². The summed E-state index contributed by atoms with van der Waals surface area (Å²) >= 11 is 1.47. The van der Waals surface area contributed by atoms with Crippen LogP contribution < -0.4 is 0 Å². The number of rotatable bonds is 3. The van der Waals surface area contributed by atoms with E-state index in [1.54, 1.807) is 12.4 Å². The molecule has 14 heavy (non-hydrogen) atoms. The molecule has 4 nitrogen and oxygen atoms in total. The van der Waals surface area contributed by atoms with Gasteiger partial charge in [-0.15, -0.1) is 11.3 Å². The second kappa shape index (κ2) is 4.06. The van der Waals surface area contributed by atoms with Gasteiger partial charge in [0.2, 0.25) is 0 Å². The molecule has 70 valence electrons. The molecule has 0 spiro atoms. The van der Waals surface area contributed by atoms with E-state index in [0.29, 0.717) is 12.1 Å². The molecular weight excluding hydrogens is 198 g/mol. The van der Waals surface area contributed by atoms with Crippen molar-refractivity contribution in [1.82, 2.24) is 15.0 Å². The highest BCUT2D eigenvalue weighted by atomic mass is 32.1. The Bertz CT molecular complexity index is 413. The van der Waals surface area contributed by atoms with E-state index in [9.17, 15) is 4.79 Å². The molecule has 0 atom stereocenters. The van der Waals surface area contributed by atoms with Crippen LogP contribution in [0.5, 0.6) is 0 Å². The van der Waals surface area contributed by atoms with Gasteiger partial charge in [0.05, 0.1) is 12.6 Å². The van der Waals surface area contributed by atoms with Crippen LogP contribution in [0.15, 0.2) is 30.2 Å². The average Bonchev–Trinajstić information content (AvgIpc) is 2.72. The van der Waals surface area contributed by atoms with Crippen molar-refractivity contribution in [2.45, 2.75) is 6.42 Å². The van der Waals surface area contributed by atoms with Gasteiger partial charge in [-0.05, 0) is 0 Å². The summed E-state index contributed by atoms with van der Waals surface area (Å²) in [5.41, 5.74) is 0.391. The zero-order valence-corrected chi connectivity index (χ0v) is 8.07. The van der Waals surface area contributed by atoms with Crippen LogP contribution in [0.4, 0.5) is 0 Å². The summed E-state index contributed by atoms with van der Waals surface area (Å²) in [5, 5.41) is 2.65. The van der Waals surface area contributed by atoms with E-state index in [4.69, 9.17) is 0 Å². The fourth-order valence-electron chi connectivity index (χ4n) is 1.01. The summed E-state index contributed by atoms with van der Waals surface area (Å²) < 4.78 is 0. The maximum atomic E-state index is 11.6. The van der Waals surface area contributed by atoms with Crippen LogP contribution in [0.3, 0.4) is 0 Å². The number of aromatic nitrogens is 3. The molecular formula is C9H7N3OS. The molecule has 0 saturated carbocycles. The van der Waals surface area contributed by atoms with E-state index in [1.165, 1.54) is 23.7 Å². The molecule has 0 aromatic carbocycles. The number of nitrogens with zero attached hydrogens (tertiary/aromatic N) is 3. The first-order valence-electron chi connectivity index (χ1n) is 4.04. The normalized spacial score (nSPS) is 10.0. The Balaban J connectivity index is 2.11. The van der Waals surface area contributed by atoms with E-state index in [-0.39, 0.29) is 5.78 Å². The Morgan fingerprint density at radius 2 is 2.21 bits per heavy atom. The van der Waals surface area contributed by atoms with Crippen molar-refractivity contribution in [2.75, 3.05) is 0 Å². The van der Waals surface area contributed by atoms with Crippen LogP contribution in [0.2, 0.25) is 0 Å². The fourth-order valence-corrected chi connectivity index (χ4v) is 1.63. The molecule has 5 heteroatoms. The molecule has 0 saturated heterocycles. The molecule has 2 rings (SSSR count). The lowest BCUT2D eigenvalue weighted by Gasteiger charge is -1.95. The number of ketones is 1. The van der Waals surface area contributed by atoms with Crippen molar-refractivity contribution in [3.05, 3.63) is 40.9 Å². The number of carbonyl (C=O) groups excluding carboxylic acids is 1. The van der Waals surface area contributed by atoms with Crippen LogP contribution in [-0.4, -0.2) is 20.7 Å². The highest BCUT2D eigenvalue weighted by Crippen LogP contribution is 2.07. The van der Waals surface area contributed by atoms with Crippen LogP contribution in [0.1, 0.15) is 15.5 Å². The van der Waals surface area contributed by atoms with Gasteiger partial charge in [-0.1, -0.05) is 0 Å². The van der Waals surface area contributed by atoms with E-state index in [2.05, 4.69) is 15.0 Å². The van der Waals surface area contributed by atoms with Crippen LogP contribution >= 0.6 is 11.3 Å². The van der Waals surface area contributed by atoms with Gasteiger partial charge < -0.3 is 0 Å². The summed E-state index contributed by atoms with van der Waals surface area (Å²) in [7, 11) is 0. The lowest BCUT2D eigenvalue weighted by molar-refractivity contribution is 0.0988. The molecule has 0 bridgehead atoms. The predicted octanol–water partition coefficient (Wildman–Crippen LogP) is 1.36. The van der Waals surface area contributed by atoms with Gasteiger partial charge in [-0.2, -0.15) is 0 Å². The fraction of sp³-hybridized carbons (Fsp3) is 0.111. The lowest BCUT2D eigenvalue weighted by atomic mass is 10.2. The van der Waals surface area contributed by atoms with E-state index in [1.807, 2.05) is 5.38 Å². The smallest absolute Gasteiger partial charge is 0.189 e. The minimum atomic E-state index is -0.0481. The first-order chi connectivity index (χ1) is 6.86. The highest BCUT2D eigenvalue weighted by Gasteiger charge is 2.09. The van der Waals surface area contributed by atoms with E-state index < -0.39 is 0 Å². The standard InChI is InChI=1S/C9H7N3OS/c13-8(5-9-12-3-4-14-9)7-6-10-1-2-11-7/h1-4,6H,5H2. The van der Waals surface area contributed by atoms with E-state index in [0.717, 1.165) is 5.01 Å². The molecule has 0 unspecified atom stereocenters. The SMILES string of the molecule is O=C(Cc1nccs1)c1cnccn1. The maximum Gasteiger partial charge on any atom is 0.189 e. The van der Waals surface area contributed by atoms with Gasteiger partial charge in [0, 0.05) is 24.0 Å². The number of Topliss-reactive ketones (excluding diaryl/α,β-unsaturated/α-hetero) is 1. The highest BCUT2D eigenvalue weighted by molar-refractivity contribution is 7.09. The molecule has 0 fully saturated rings. The third kappa shape index (κ3) is 2.00. The van der Waals surface area contributed by atoms with Gasteiger partial charge in [0.1, 0.15) is 10.7 Å². The Hall–Kier alpha value is -1.62. The Kier molecular flexibility index (Phi) is 2.60. The molecule has 2 aromatic rings. The predicted molar refractivity (Wildman–Crippen MR) is 52.2 cm³/mol. The molecule has 2 heterocycles. The Morgan fingerprint density at radius 3 is 2.86 bits per heavy atom. The van der Waals surface area contributed by atoms with Crippen LogP contribution in [-0.2, 0) is 6.42 Å². The van der Waals surface area contributed by atoms with Crippen molar-refractivity contribution in [2.24, 2.45) is 0 Å². The van der Waals surface area contributed by atoms with Crippen molar-refractivity contribution in [1.29, 1.82) is 0 Å². The van der Waals surface area contributed by atoms with Crippen molar-refractivity contribution < 1.29 is 4.79 Å². The van der Waals surface area contributed by atoms with Gasteiger partial charge >= 0.3 is 0 Å². The van der Waals surface area contributed by atoms with Crippen molar-refractivity contribution in [3.63, 3.8) is 0 Å². The zero-order valence-electron chi connectivity index (χ0n) is 7.25. The molecule has 2 aromatic heterocycles. The molecule has 0 N–H and O–H groups in total. The molecule has 0 aliphatic carbocycles. The second-order valence-electron chi connectivity index (χ2n) is 2.62. The summed E-state index contributed by atoms with van der Waals surface area (Å²) in [4.78, 5) is 23.4.